The molecule has 2 N–H and O–H groups in total. The van der Waals surface area contributed by atoms with Crippen LogP contribution in [0.4, 0.5) is 0 Å². The third-order valence-electron chi connectivity index (χ3n) is 8.82. The van der Waals surface area contributed by atoms with Gasteiger partial charge in [-0.15, -0.1) is 0 Å². The van der Waals surface area contributed by atoms with Crippen LogP contribution in [0.2, 0.25) is 10.0 Å². The van der Waals surface area contributed by atoms with Crippen molar-refractivity contribution in [2.75, 3.05) is 0 Å². The number of nitrogens with one attached hydrogen (secondary N) is 2. The van der Waals surface area contributed by atoms with Crippen LogP contribution in [0.15, 0.2) is 134 Å². The number of carbonyl (C=O) groups is 2. The maximum atomic E-state index is 12.8. The molecule has 0 saturated carbocycles. The Morgan fingerprint density at radius 3 is 2.30 bits per heavy atom. The van der Waals surface area contributed by atoms with Gasteiger partial charge in [0.1, 0.15) is 30.2 Å². The lowest BCUT2D eigenvalue weighted by molar-refractivity contribution is -0.116. The summed E-state index contributed by atoms with van der Waals surface area (Å²) in [6.45, 7) is 2.88. The fraction of sp³-hybridized carbons (Fsp3) is 0.114. The summed E-state index contributed by atoms with van der Waals surface area (Å²) < 4.78 is 14.4. The van der Waals surface area contributed by atoms with Gasteiger partial charge in [0.15, 0.2) is 0 Å². The highest BCUT2D eigenvalue weighted by Crippen LogP contribution is 2.35. The van der Waals surface area contributed by atoms with Gasteiger partial charge in [0.2, 0.25) is 5.91 Å². The minimum Gasteiger partial charge on any atom is -0.487 e. The van der Waals surface area contributed by atoms with E-state index in [4.69, 9.17) is 37.7 Å². The van der Waals surface area contributed by atoms with E-state index in [1.807, 2.05) is 96.6 Å². The Morgan fingerprint density at radius 2 is 1.54 bits per heavy atom. The van der Waals surface area contributed by atoms with E-state index in [2.05, 4.69) is 20.6 Å². The van der Waals surface area contributed by atoms with E-state index in [0.29, 0.717) is 57.0 Å². The monoisotopic (exact) mass is 782 g/mol. The summed E-state index contributed by atoms with van der Waals surface area (Å²) in [5.74, 6) is 0.747. The number of amides is 2. The third-order valence-corrected chi connectivity index (χ3v) is 9.60. The molecular formula is C44H36Cl2N6O4. The lowest BCUT2D eigenvalue weighted by Crippen LogP contribution is -2.23. The van der Waals surface area contributed by atoms with Gasteiger partial charge in [0, 0.05) is 63.7 Å². The van der Waals surface area contributed by atoms with Crippen molar-refractivity contribution in [3.8, 4) is 17.2 Å². The van der Waals surface area contributed by atoms with E-state index in [1.54, 1.807) is 48.8 Å². The Kier molecular flexibility index (Phi) is 12.0. The molecule has 0 radical (unpaired) electrons. The van der Waals surface area contributed by atoms with Gasteiger partial charge in [-0.1, -0.05) is 53.5 Å². The SMILES string of the molecule is Cc1cc(OCc2ccccn2)c2cccc(OCc3c(Cl)ccc(-n4cccc4CNC(=O)/C=C/c4ccc(C(=O)NCc5ccccn5)cc4)c3Cl)c2n1. The average Bonchev–Trinajstić information content (AvgIpc) is 3.69. The van der Waals surface area contributed by atoms with Gasteiger partial charge in [-0.05, 0) is 91.4 Å². The molecule has 0 atom stereocenters. The van der Waals surface area contributed by atoms with Crippen LogP contribution in [0, 0.1) is 6.92 Å². The molecule has 0 fully saturated rings. The standard InChI is InChI=1S/C44H36Cl2N6O4/c1-29-24-40(55-27-33-9-3-5-22-48-33)35-11-6-12-39(43(35)51-29)56-28-36-37(45)18-19-38(42(36)46)52-23-7-10-34(52)26-49-41(53)20-15-30-13-16-31(17-14-30)44(54)50-25-32-8-2-4-21-47-32/h2-24H,25-28H2,1H3,(H,49,53)(H,50,54)/b20-15+. The van der Waals surface area contributed by atoms with Gasteiger partial charge >= 0.3 is 0 Å². The quantitative estimate of drug-likeness (QED) is 0.106. The Hall–Kier alpha value is -6.49. The van der Waals surface area contributed by atoms with Crippen LogP contribution < -0.4 is 20.1 Å². The molecule has 4 heterocycles. The second-order valence-corrected chi connectivity index (χ2v) is 13.5. The highest BCUT2D eigenvalue weighted by Gasteiger charge is 2.17. The van der Waals surface area contributed by atoms with Crippen LogP contribution in [0.25, 0.3) is 22.7 Å². The second-order valence-electron chi connectivity index (χ2n) is 12.7. The number of fused-ring (bicyclic) bond motifs is 1. The lowest BCUT2D eigenvalue weighted by atomic mass is 10.1. The number of rotatable bonds is 14. The molecule has 7 aromatic rings. The van der Waals surface area contributed by atoms with Crippen molar-refractivity contribution in [3.63, 3.8) is 0 Å². The molecule has 12 heteroatoms. The highest BCUT2D eigenvalue weighted by atomic mass is 35.5. The maximum absolute atomic E-state index is 12.8. The molecule has 0 aliphatic rings. The number of benzene rings is 3. The van der Waals surface area contributed by atoms with E-state index < -0.39 is 0 Å². The predicted molar refractivity (Wildman–Crippen MR) is 218 cm³/mol. The van der Waals surface area contributed by atoms with Gasteiger partial charge in [0.25, 0.3) is 5.91 Å². The Balaban J connectivity index is 0.984. The van der Waals surface area contributed by atoms with Crippen molar-refractivity contribution in [1.82, 2.24) is 30.2 Å². The Morgan fingerprint density at radius 1 is 0.768 bits per heavy atom. The number of aromatic nitrogens is 4. The summed E-state index contributed by atoms with van der Waals surface area (Å²) in [7, 11) is 0. The van der Waals surface area contributed by atoms with Gasteiger partial charge < -0.3 is 24.7 Å². The third kappa shape index (κ3) is 9.23. The summed E-state index contributed by atoms with van der Waals surface area (Å²) in [5, 5.41) is 7.46. The molecule has 0 saturated heterocycles. The normalized spacial score (nSPS) is 11.1. The molecule has 0 aliphatic heterocycles. The summed E-state index contributed by atoms with van der Waals surface area (Å²) in [4.78, 5) is 38.7. The van der Waals surface area contributed by atoms with Crippen molar-refractivity contribution in [2.24, 2.45) is 0 Å². The molecule has 4 aromatic heterocycles. The maximum Gasteiger partial charge on any atom is 0.251 e. The summed E-state index contributed by atoms with van der Waals surface area (Å²) >= 11 is 13.7. The molecule has 0 bridgehead atoms. The van der Waals surface area contributed by atoms with Crippen LogP contribution in [-0.2, 0) is 31.1 Å². The van der Waals surface area contributed by atoms with Crippen LogP contribution in [0.5, 0.6) is 11.5 Å². The molecule has 7 rings (SSSR count). The van der Waals surface area contributed by atoms with Crippen LogP contribution in [0.1, 0.15) is 44.3 Å². The highest BCUT2D eigenvalue weighted by molar-refractivity contribution is 6.37. The van der Waals surface area contributed by atoms with E-state index in [1.165, 1.54) is 6.08 Å². The minimum atomic E-state index is -0.282. The van der Waals surface area contributed by atoms with Crippen molar-refractivity contribution in [1.29, 1.82) is 0 Å². The predicted octanol–water partition coefficient (Wildman–Crippen LogP) is 8.85. The first kappa shape index (κ1) is 37.8. The zero-order valence-electron chi connectivity index (χ0n) is 30.3. The topological polar surface area (TPSA) is 120 Å². The largest absolute Gasteiger partial charge is 0.487 e. The van der Waals surface area contributed by atoms with E-state index >= 15 is 0 Å². The van der Waals surface area contributed by atoms with Crippen molar-refractivity contribution in [3.05, 3.63) is 183 Å². The van der Waals surface area contributed by atoms with Crippen molar-refractivity contribution in [2.45, 2.75) is 33.2 Å². The number of pyridine rings is 3. The average molecular weight is 784 g/mol. The number of hydrogen-bond acceptors (Lipinski definition) is 7. The van der Waals surface area contributed by atoms with Gasteiger partial charge in [0.05, 0.1) is 35.2 Å². The molecule has 56 heavy (non-hydrogen) atoms. The Labute approximate surface area is 333 Å². The van der Waals surface area contributed by atoms with Crippen molar-refractivity contribution < 1.29 is 19.1 Å². The molecule has 2 amide bonds. The first-order valence-electron chi connectivity index (χ1n) is 17.8. The molecule has 280 valence electrons. The number of aryl methyl sites for hydroxylation is 1. The van der Waals surface area contributed by atoms with Crippen LogP contribution in [-0.4, -0.2) is 31.3 Å². The molecule has 0 unspecified atom stereocenters. The summed E-state index contributed by atoms with van der Waals surface area (Å²) in [5.41, 5.74) is 6.39. The smallest absolute Gasteiger partial charge is 0.251 e. The first-order chi connectivity index (χ1) is 27.3. The number of ether oxygens (including phenoxy) is 2. The van der Waals surface area contributed by atoms with Crippen LogP contribution >= 0.6 is 23.2 Å². The fourth-order valence-electron chi connectivity index (χ4n) is 5.96. The molecule has 3 aromatic carbocycles. The van der Waals surface area contributed by atoms with Gasteiger partial charge in [-0.25, -0.2) is 4.98 Å². The number of halogens is 2. The summed E-state index contributed by atoms with van der Waals surface area (Å²) in [6.07, 6.45) is 8.43. The first-order valence-corrected chi connectivity index (χ1v) is 18.5. The zero-order chi connectivity index (χ0) is 38.9. The lowest BCUT2D eigenvalue weighted by Gasteiger charge is -2.17. The molecule has 0 aliphatic carbocycles. The fourth-order valence-corrected chi connectivity index (χ4v) is 6.53. The second kappa shape index (κ2) is 17.8. The van der Waals surface area contributed by atoms with Gasteiger partial charge in [-0.2, -0.15) is 0 Å². The van der Waals surface area contributed by atoms with E-state index in [9.17, 15) is 9.59 Å². The number of hydrogen-bond donors (Lipinski definition) is 2. The minimum absolute atomic E-state index is 0.0827. The molecular weight excluding hydrogens is 747 g/mol. The zero-order valence-corrected chi connectivity index (χ0v) is 31.8. The van der Waals surface area contributed by atoms with Crippen molar-refractivity contribution >= 4 is 52.0 Å². The van der Waals surface area contributed by atoms with Gasteiger partial charge in [-0.3, -0.25) is 19.6 Å². The number of para-hydroxylation sites is 1. The number of carbonyl (C=O) groups excluding carboxylic acids is 2. The van der Waals surface area contributed by atoms with Crippen LogP contribution in [0.3, 0.4) is 0 Å². The Bertz CT molecular complexity index is 2510. The summed E-state index contributed by atoms with van der Waals surface area (Å²) in [6, 6.07) is 33.2. The van der Waals surface area contributed by atoms with E-state index in [0.717, 1.165) is 33.7 Å². The molecule has 10 nitrogen and oxygen atoms in total. The number of nitrogens with zero attached hydrogens (tertiary/aromatic N) is 4. The van der Waals surface area contributed by atoms with E-state index in [-0.39, 0.29) is 25.0 Å². The molecule has 0 spiro atoms.